The van der Waals surface area contributed by atoms with Crippen LogP contribution < -0.4 is 0 Å². The number of hydrogen-bond donors (Lipinski definition) is 0. The van der Waals surface area contributed by atoms with Gasteiger partial charge in [0.05, 0.1) is 6.20 Å². The highest BCUT2D eigenvalue weighted by molar-refractivity contribution is 9.10. The molecule has 0 atom stereocenters. The van der Waals surface area contributed by atoms with E-state index in [1.165, 1.54) is 0 Å². The minimum Gasteiger partial charge on any atom is -0.279 e. The van der Waals surface area contributed by atoms with Crippen molar-refractivity contribution in [3.05, 3.63) is 33.2 Å². The lowest BCUT2D eigenvalue weighted by Gasteiger charge is -1.97. The second-order valence-electron chi connectivity index (χ2n) is 1.94. The lowest BCUT2D eigenvalue weighted by Crippen LogP contribution is -2.04. The van der Waals surface area contributed by atoms with Gasteiger partial charge in [-0.2, -0.15) is 0 Å². The van der Waals surface area contributed by atoms with Crippen LogP contribution in [0.1, 0.15) is 10.4 Å². The molecule has 0 N–H and O–H groups in total. The fourth-order valence-corrected chi connectivity index (χ4v) is 0.984. The summed E-state index contributed by atoms with van der Waals surface area (Å²) in [5.41, 5.74) is -0.401. The number of halogens is 2. The number of pyridine rings is 1. The minimum absolute atomic E-state index is 0.256. The van der Waals surface area contributed by atoms with E-state index in [2.05, 4.69) is 25.8 Å². The van der Waals surface area contributed by atoms with E-state index in [0.29, 0.717) is 0 Å². The highest BCUT2D eigenvalue weighted by atomic mass is 79.9. The molecular formula is C6H2BrFN2O3. The first kappa shape index (κ1) is 9.72. The first-order chi connectivity index (χ1) is 6.15. The van der Waals surface area contributed by atoms with Gasteiger partial charge in [0, 0.05) is 0 Å². The third kappa shape index (κ3) is 2.28. The van der Waals surface area contributed by atoms with Crippen LogP contribution in [0, 0.1) is 10.7 Å². The Kier molecular flexibility index (Phi) is 3.02. The molecule has 7 heteroatoms. The predicted molar refractivity (Wildman–Crippen MR) is 43.1 cm³/mol. The summed E-state index contributed by atoms with van der Waals surface area (Å²) in [5, 5.41) is 1.88. The Morgan fingerprint density at radius 2 is 2.38 bits per heavy atom. The van der Waals surface area contributed by atoms with E-state index in [9.17, 15) is 14.1 Å². The number of carbonyl (C=O) groups is 1. The molecule has 0 aliphatic heterocycles. The van der Waals surface area contributed by atoms with Gasteiger partial charge in [0.2, 0.25) is 0 Å². The van der Waals surface area contributed by atoms with Crippen LogP contribution in [0.4, 0.5) is 4.39 Å². The Labute approximate surface area is 80.0 Å². The molecule has 0 saturated heterocycles. The van der Waals surface area contributed by atoms with Gasteiger partial charge >= 0.3 is 5.97 Å². The van der Waals surface area contributed by atoms with Crippen LogP contribution in [0.25, 0.3) is 0 Å². The zero-order chi connectivity index (χ0) is 9.84. The summed E-state index contributed by atoms with van der Waals surface area (Å²) in [4.78, 5) is 27.6. The van der Waals surface area contributed by atoms with Crippen LogP contribution in [0.5, 0.6) is 0 Å². The van der Waals surface area contributed by atoms with Gasteiger partial charge in [-0.3, -0.25) is 4.84 Å². The molecule has 1 aromatic heterocycles. The van der Waals surface area contributed by atoms with E-state index < -0.39 is 17.3 Å². The van der Waals surface area contributed by atoms with Crippen molar-refractivity contribution in [2.45, 2.75) is 0 Å². The average Bonchev–Trinajstić information content (AvgIpc) is 2.09. The van der Waals surface area contributed by atoms with Crippen LogP contribution in [0.3, 0.4) is 0 Å². The molecule has 0 fully saturated rings. The number of rotatable bonds is 2. The highest BCUT2D eigenvalue weighted by Crippen LogP contribution is 2.13. The van der Waals surface area contributed by atoms with E-state index in [1.807, 2.05) is 5.34 Å². The molecule has 0 saturated carbocycles. The molecule has 0 spiro atoms. The molecule has 0 radical (unpaired) electrons. The van der Waals surface area contributed by atoms with Gasteiger partial charge in [-0.1, -0.05) is 0 Å². The molecule has 68 valence electrons. The Bertz CT molecular complexity index is 358. The van der Waals surface area contributed by atoms with Gasteiger partial charge in [0.1, 0.15) is 10.2 Å². The van der Waals surface area contributed by atoms with Crippen molar-refractivity contribution in [2.75, 3.05) is 0 Å². The topological polar surface area (TPSA) is 68.6 Å². The number of hydrogen-bond acceptors (Lipinski definition) is 5. The Balaban J connectivity index is 3.05. The standard InChI is InChI=1S/C6H2BrFN2O3/c7-5-1-3(4(8)2-9-5)6(11)13-10-12/h1-2H. The molecule has 13 heavy (non-hydrogen) atoms. The van der Waals surface area contributed by atoms with Crippen LogP contribution in [-0.4, -0.2) is 11.0 Å². The summed E-state index contributed by atoms with van der Waals surface area (Å²) >= 11 is 2.92. The van der Waals surface area contributed by atoms with Crippen LogP contribution in [0.15, 0.2) is 22.2 Å². The molecule has 1 heterocycles. The maximum atomic E-state index is 12.8. The first-order valence-electron chi connectivity index (χ1n) is 3.00. The number of nitrogens with zero attached hydrogens (tertiary/aromatic N) is 2. The van der Waals surface area contributed by atoms with Crippen molar-refractivity contribution >= 4 is 21.9 Å². The maximum Gasteiger partial charge on any atom is 0.372 e. The van der Waals surface area contributed by atoms with Crippen molar-refractivity contribution in [3.63, 3.8) is 0 Å². The largest absolute Gasteiger partial charge is 0.372 e. The zero-order valence-electron chi connectivity index (χ0n) is 6.03. The highest BCUT2D eigenvalue weighted by Gasteiger charge is 2.14. The lowest BCUT2D eigenvalue weighted by molar-refractivity contribution is 0.0502. The third-order valence-corrected chi connectivity index (χ3v) is 1.60. The molecule has 0 aromatic carbocycles. The number of aromatic nitrogens is 1. The van der Waals surface area contributed by atoms with Crippen molar-refractivity contribution < 1.29 is 14.0 Å². The maximum absolute atomic E-state index is 12.8. The normalized spacial score (nSPS) is 9.38. The SMILES string of the molecule is O=NOC(=O)c1cc(Br)ncc1F. The second-order valence-corrected chi connectivity index (χ2v) is 2.75. The molecule has 1 aromatic rings. The second kappa shape index (κ2) is 4.04. The number of carbonyl (C=O) groups excluding carboxylic acids is 1. The first-order valence-corrected chi connectivity index (χ1v) is 3.79. The van der Waals surface area contributed by atoms with E-state index in [1.54, 1.807) is 0 Å². The lowest BCUT2D eigenvalue weighted by atomic mass is 10.3. The van der Waals surface area contributed by atoms with Gasteiger partial charge in [-0.05, 0) is 22.0 Å². The van der Waals surface area contributed by atoms with E-state index >= 15 is 0 Å². The van der Waals surface area contributed by atoms with Gasteiger partial charge in [0.15, 0.2) is 11.2 Å². The van der Waals surface area contributed by atoms with Crippen molar-refractivity contribution in [1.29, 1.82) is 0 Å². The molecule has 0 aliphatic carbocycles. The molecule has 1 rings (SSSR count). The Hall–Kier alpha value is -1.37. The molecule has 0 unspecified atom stereocenters. The molecule has 0 aliphatic rings. The van der Waals surface area contributed by atoms with Crippen LogP contribution in [-0.2, 0) is 4.84 Å². The average molecular weight is 249 g/mol. The van der Waals surface area contributed by atoms with Crippen LogP contribution in [0.2, 0.25) is 0 Å². The summed E-state index contributed by atoms with van der Waals surface area (Å²) in [6.07, 6.45) is 0.825. The summed E-state index contributed by atoms with van der Waals surface area (Å²) in [6.45, 7) is 0. The Morgan fingerprint density at radius 1 is 1.69 bits per heavy atom. The summed E-state index contributed by atoms with van der Waals surface area (Å²) < 4.78 is 13.1. The minimum atomic E-state index is -1.16. The van der Waals surface area contributed by atoms with Crippen LogP contribution >= 0.6 is 15.9 Å². The summed E-state index contributed by atoms with van der Waals surface area (Å²) in [6, 6.07) is 1.09. The van der Waals surface area contributed by atoms with E-state index in [0.717, 1.165) is 12.3 Å². The third-order valence-electron chi connectivity index (χ3n) is 1.16. The van der Waals surface area contributed by atoms with Gasteiger partial charge in [-0.25, -0.2) is 14.2 Å². The van der Waals surface area contributed by atoms with Gasteiger partial charge < -0.3 is 0 Å². The molecule has 0 amide bonds. The predicted octanol–water partition coefficient (Wildman–Crippen LogP) is 1.82. The zero-order valence-corrected chi connectivity index (χ0v) is 7.62. The quantitative estimate of drug-likeness (QED) is 0.455. The fourth-order valence-electron chi connectivity index (χ4n) is 0.653. The molecule has 0 bridgehead atoms. The fraction of sp³-hybridized carbons (Fsp3) is 0. The summed E-state index contributed by atoms with van der Waals surface area (Å²) in [7, 11) is 0. The smallest absolute Gasteiger partial charge is 0.279 e. The monoisotopic (exact) mass is 248 g/mol. The molecular weight excluding hydrogens is 247 g/mol. The van der Waals surface area contributed by atoms with Crippen molar-refractivity contribution in [3.8, 4) is 0 Å². The van der Waals surface area contributed by atoms with Crippen molar-refractivity contribution in [1.82, 2.24) is 4.98 Å². The van der Waals surface area contributed by atoms with E-state index in [-0.39, 0.29) is 4.60 Å². The van der Waals surface area contributed by atoms with Crippen molar-refractivity contribution in [2.24, 2.45) is 5.34 Å². The van der Waals surface area contributed by atoms with E-state index in [4.69, 9.17) is 0 Å². The Morgan fingerprint density at radius 3 is 3.00 bits per heavy atom. The summed E-state index contributed by atoms with van der Waals surface area (Å²) in [5.74, 6) is -2.03. The van der Waals surface area contributed by atoms with Gasteiger partial charge in [-0.15, -0.1) is 4.91 Å². The molecule has 5 nitrogen and oxygen atoms in total. The van der Waals surface area contributed by atoms with Gasteiger partial charge in [0.25, 0.3) is 0 Å².